The van der Waals surface area contributed by atoms with Crippen molar-refractivity contribution < 1.29 is 9.59 Å². The second-order valence-corrected chi connectivity index (χ2v) is 5.15. The zero-order valence-electron chi connectivity index (χ0n) is 9.89. The van der Waals surface area contributed by atoms with Crippen molar-refractivity contribution >= 4 is 35.0 Å². The Hall–Kier alpha value is -1.69. The number of hydrogen-bond donors (Lipinski definition) is 2. The number of hydrogen-bond acceptors (Lipinski definition) is 4. The van der Waals surface area contributed by atoms with Crippen LogP contribution in [-0.4, -0.2) is 24.1 Å². The number of carbonyl (C=O) groups excluding carboxylic acids is 2. The Morgan fingerprint density at radius 1 is 1.44 bits per heavy atom. The van der Waals surface area contributed by atoms with Crippen molar-refractivity contribution in [3.63, 3.8) is 0 Å². The van der Waals surface area contributed by atoms with Gasteiger partial charge in [-0.1, -0.05) is 0 Å². The van der Waals surface area contributed by atoms with Crippen molar-refractivity contribution in [3.8, 4) is 0 Å². The summed E-state index contributed by atoms with van der Waals surface area (Å²) in [5.41, 5.74) is 12.4. The van der Waals surface area contributed by atoms with Crippen molar-refractivity contribution in [1.29, 1.82) is 0 Å². The maximum Gasteiger partial charge on any atom is 0.237 e. The molecule has 6 heteroatoms. The van der Waals surface area contributed by atoms with Crippen LogP contribution in [0.4, 0.5) is 11.4 Å². The maximum absolute atomic E-state index is 11.9. The minimum absolute atomic E-state index is 0.0572. The quantitative estimate of drug-likeness (QED) is 0.794. The first-order valence-corrected chi connectivity index (χ1v) is 6.67. The predicted molar refractivity (Wildman–Crippen MR) is 72.4 cm³/mol. The van der Waals surface area contributed by atoms with Crippen LogP contribution in [0.5, 0.6) is 0 Å². The molecule has 4 N–H and O–H groups in total. The number of rotatable bonds is 4. The average Bonchev–Trinajstić information content (AvgIpc) is 2.31. The number of thioether (sulfide) groups is 1. The first-order chi connectivity index (χ1) is 8.58. The number of nitrogens with two attached hydrogens (primary N) is 2. The van der Waals surface area contributed by atoms with E-state index in [-0.39, 0.29) is 11.8 Å². The SMILES string of the molecule is NC(=O)CCCN1C(=O)CSc2cc(N)ccc21. The molecule has 1 heterocycles. The van der Waals surface area contributed by atoms with E-state index >= 15 is 0 Å². The normalized spacial score (nSPS) is 14.4. The average molecular weight is 265 g/mol. The van der Waals surface area contributed by atoms with E-state index in [1.165, 1.54) is 11.8 Å². The van der Waals surface area contributed by atoms with Crippen LogP contribution >= 0.6 is 11.8 Å². The van der Waals surface area contributed by atoms with E-state index in [4.69, 9.17) is 11.5 Å². The van der Waals surface area contributed by atoms with Crippen molar-refractivity contribution in [3.05, 3.63) is 18.2 Å². The van der Waals surface area contributed by atoms with E-state index in [2.05, 4.69) is 0 Å². The molecule has 2 amide bonds. The second kappa shape index (κ2) is 5.30. The lowest BCUT2D eigenvalue weighted by atomic mass is 10.2. The molecule has 0 radical (unpaired) electrons. The third-order valence-corrected chi connectivity index (χ3v) is 3.76. The van der Waals surface area contributed by atoms with Gasteiger partial charge >= 0.3 is 0 Å². The van der Waals surface area contributed by atoms with E-state index in [1.54, 1.807) is 11.0 Å². The topological polar surface area (TPSA) is 89.4 Å². The molecule has 0 unspecified atom stereocenters. The lowest BCUT2D eigenvalue weighted by molar-refractivity contribution is -0.119. The molecule has 1 aliphatic rings. The van der Waals surface area contributed by atoms with Crippen LogP contribution in [0, 0.1) is 0 Å². The fourth-order valence-electron chi connectivity index (χ4n) is 1.88. The maximum atomic E-state index is 11.9. The summed E-state index contributed by atoms with van der Waals surface area (Å²) in [6.45, 7) is 0.513. The van der Waals surface area contributed by atoms with Gasteiger partial charge in [-0.05, 0) is 24.6 Å². The molecule has 18 heavy (non-hydrogen) atoms. The third kappa shape index (κ3) is 2.76. The summed E-state index contributed by atoms with van der Waals surface area (Å²) in [4.78, 5) is 25.3. The van der Waals surface area contributed by atoms with E-state index in [0.717, 1.165) is 10.6 Å². The summed E-state index contributed by atoms with van der Waals surface area (Å²) in [7, 11) is 0. The van der Waals surface area contributed by atoms with Gasteiger partial charge in [-0.15, -0.1) is 11.8 Å². The highest BCUT2D eigenvalue weighted by molar-refractivity contribution is 8.00. The number of primary amides is 1. The fourth-order valence-corrected chi connectivity index (χ4v) is 2.86. The van der Waals surface area contributed by atoms with Crippen molar-refractivity contribution in [2.45, 2.75) is 17.7 Å². The Kier molecular flexibility index (Phi) is 3.76. The summed E-state index contributed by atoms with van der Waals surface area (Å²) >= 11 is 1.49. The van der Waals surface area contributed by atoms with E-state index in [1.807, 2.05) is 12.1 Å². The number of amides is 2. The second-order valence-electron chi connectivity index (χ2n) is 4.13. The molecule has 1 aliphatic heterocycles. The fraction of sp³-hybridized carbons (Fsp3) is 0.333. The minimum Gasteiger partial charge on any atom is -0.399 e. The largest absolute Gasteiger partial charge is 0.399 e. The van der Waals surface area contributed by atoms with Crippen molar-refractivity contribution in [1.82, 2.24) is 0 Å². The molecule has 1 aromatic rings. The number of anilines is 2. The number of carbonyl (C=O) groups is 2. The van der Waals surface area contributed by atoms with Crippen LogP contribution in [0.3, 0.4) is 0 Å². The van der Waals surface area contributed by atoms with Gasteiger partial charge in [0.15, 0.2) is 0 Å². The molecular formula is C12H15N3O2S. The highest BCUT2D eigenvalue weighted by atomic mass is 32.2. The molecule has 1 aromatic carbocycles. The number of fused-ring (bicyclic) bond motifs is 1. The minimum atomic E-state index is -0.341. The highest BCUT2D eigenvalue weighted by Gasteiger charge is 2.24. The smallest absolute Gasteiger partial charge is 0.237 e. The number of nitrogens with zero attached hydrogens (tertiary/aromatic N) is 1. The summed E-state index contributed by atoms with van der Waals surface area (Å²) in [5.74, 6) is 0.126. The molecular weight excluding hydrogens is 250 g/mol. The lowest BCUT2D eigenvalue weighted by Crippen LogP contribution is -2.36. The van der Waals surface area contributed by atoms with Gasteiger partial charge in [-0.25, -0.2) is 0 Å². The van der Waals surface area contributed by atoms with Crippen LogP contribution in [0.2, 0.25) is 0 Å². The molecule has 2 rings (SSSR count). The number of benzene rings is 1. The Morgan fingerprint density at radius 2 is 2.22 bits per heavy atom. The van der Waals surface area contributed by atoms with Crippen LogP contribution in [-0.2, 0) is 9.59 Å². The first-order valence-electron chi connectivity index (χ1n) is 5.69. The summed E-state index contributed by atoms with van der Waals surface area (Å²) in [6, 6.07) is 5.49. The summed E-state index contributed by atoms with van der Waals surface area (Å²) in [5, 5.41) is 0. The van der Waals surface area contributed by atoms with Crippen molar-refractivity contribution in [2.24, 2.45) is 5.73 Å². The predicted octanol–water partition coefficient (Wildman–Crippen LogP) is 0.973. The van der Waals surface area contributed by atoms with Gasteiger partial charge < -0.3 is 16.4 Å². The molecule has 0 saturated carbocycles. The van der Waals surface area contributed by atoms with Gasteiger partial charge in [0, 0.05) is 23.5 Å². The molecule has 5 nitrogen and oxygen atoms in total. The van der Waals surface area contributed by atoms with Gasteiger partial charge in [0.2, 0.25) is 11.8 Å². The Labute approximate surface area is 110 Å². The van der Waals surface area contributed by atoms with Crippen molar-refractivity contribution in [2.75, 3.05) is 22.9 Å². The molecule has 0 fully saturated rings. The van der Waals surface area contributed by atoms with Gasteiger partial charge in [0.25, 0.3) is 0 Å². The Morgan fingerprint density at radius 3 is 2.94 bits per heavy atom. The van der Waals surface area contributed by atoms with Gasteiger partial charge in [0.1, 0.15) is 0 Å². The van der Waals surface area contributed by atoms with Crippen LogP contribution < -0.4 is 16.4 Å². The lowest BCUT2D eigenvalue weighted by Gasteiger charge is -2.29. The molecule has 0 aliphatic carbocycles. The molecule has 0 bridgehead atoms. The van der Waals surface area contributed by atoms with Crippen LogP contribution in [0.15, 0.2) is 23.1 Å². The Bertz CT molecular complexity index is 490. The monoisotopic (exact) mass is 265 g/mol. The van der Waals surface area contributed by atoms with Crippen LogP contribution in [0.1, 0.15) is 12.8 Å². The van der Waals surface area contributed by atoms with Gasteiger partial charge in [-0.3, -0.25) is 9.59 Å². The third-order valence-electron chi connectivity index (χ3n) is 2.73. The molecule has 0 spiro atoms. The van der Waals surface area contributed by atoms with E-state index < -0.39 is 0 Å². The van der Waals surface area contributed by atoms with E-state index in [0.29, 0.717) is 30.8 Å². The van der Waals surface area contributed by atoms with Gasteiger partial charge in [0.05, 0.1) is 11.4 Å². The van der Waals surface area contributed by atoms with Gasteiger partial charge in [-0.2, -0.15) is 0 Å². The number of nitrogen functional groups attached to an aromatic ring is 1. The summed E-state index contributed by atoms with van der Waals surface area (Å²) in [6.07, 6.45) is 0.872. The summed E-state index contributed by atoms with van der Waals surface area (Å²) < 4.78 is 0. The molecule has 0 saturated heterocycles. The molecule has 0 aromatic heterocycles. The van der Waals surface area contributed by atoms with E-state index in [9.17, 15) is 9.59 Å². The zero-order valence-corrected chi connectivity index (χ0v) is 10.7. The standard InChI is InChI=1S/C12H15N3O2S/c13-8-3-4-9-10(6-8)18-7-12(17)15(9)5-1-2-11(14)16/h3-4,6H,1-2,5,7,13H2,(H2,14,16). The molecule has 0 atom stereocenters. The Balaban J connectivity index is 2.15. The zero-order chi connectivity index (χ0) is 13.1. The highest BCUT2D eigenvalue weighted by Crippen LogP contribution is 2.36. The van der Waals surface area contributed by atoms with Crippen LogP contribution in [0.25, 0.3) is 0 Å². The molecule has 96 valence electrons. The first kappa shape index (κ1) is 12.8.